The number of hydrogen-bond donors (Lipinski definition) is 0. The minimum Gasteiger partial charge on any atom is -0.494 e. The molecule has 0 heterocycles. The highest BCUT2D eigenvalue weighted by molar-refractivity contribution is 5.92. The van der Waals surface area contributed by atoms with E-state index in [0.29, 0.717) is 50.1 Å². The number of hydrogen-bond acceptors (Lipinski definition) is 10. The lowest BCUT2D eigenvalue weighted by Gasteiger charge is -2.11. The second kappa shape index (κ2) is 26.3. The molecule has 10 nitrogen and oxygen atoms in total. The van der Waals surface area contributed by atoms with Gasteiger partial charge in [-0.2, -0.15) is 0 Å². The van der Waals surface area contributed by atoms with E-state index in [2.05, 4.69) is 13.2 Å². The van der Waals surface area contributed by atoms with Crippen LogP contribution in [0.1, 0.15) is 111 Å². The van der Waals surface area contributed by atoms with E-state index in [4.69, 9.17) is 28.4 Å². The monoisotopic (exact) mass is 778 g/mol. The average Bonchev–Trinajstić information content (AvgIpc) is 3.20. The van der Waals surface area contributed by atoms with Gasteiger partial charge in [-0.3, -0.25) is 0 Å². The highest BCUT2D eigenvalue weighted by Gasteiger charge is 2.19. The first kappa shape index (κ1) is 44.9. The average molecular weight is 779 g/mol. The number of ether oxygens (including phenoxy) is 6. The van der Waals surface area contributed by atoms with Gasteiger partial charge in [0.1, 0.15) is 11.5 Å². The molecule has 0 atom stereocenters. The largest absolute Gasteiger partial charge is 0.494 e. The third-order valence-electron chi connectivity index (χ3n) is 8.51. The van der Waals surface area contributed by atoms with Gasteiger partial charge >= 0.3 is 23.9 Å². The van der Waals surface area contributed by atoms with Crippen LogP contribution in [0.2, 0.25) is 0 Å². The molecule has 0 amide bonds. The molecule has 0 aliphatic rings. The van der Waals surface area contributed by atoms with Gasteiger partial charge in [-0.05, 0) is 74.2 Å². The fourth-order valence-electron chi connectivity index (χ4n) is 5.38. The fraction of sp³-hybridized carbons (Fsp3) is 0.409. The van der Waals surface area contributed by atoms with Gasteiger partial charge in [0, 0.05) is 24.3 Å². The summed E-state index contributed by atoms with van der Waals surface area (Å²) in [5.41, 5.74) is 0.210. The molecule has 0 radical (unpaired) electrons. The molecule has 3 rings (SSSR count). The molecule has 302 valence electrons. The van der Waals surface area contributed by atoms with Crippen LogP contribution in [0.15, 0.2) is 86.0 Å². The Labute approximate surface area is 327 Å². The number of carbonyl (C=O) groups is 4. The maximum atomic E-state index is 14.8. The molecule has 0 saturated heterocycles. The Bertz CT molecular complexity index is 1560. The number of unbranched alkanes of at least 4 members (excludes halogenated alkanes) is 12. The maximum Gasteiger partial charge on any atom is 0.343 e. The Morgan fingerprint density at radius 2 is 0.768 bits per heavy atom. The number of halogens is 2. The fourth-order valence-corrected chi connectivity index (χ4v) is 5.38. The zero-order valence-corrected chi connectivity index (χ0v) is 31.9. The first-order chi connectivity index (χ1) is 27.2. The molecule has 0 unspecified atom stereocenters. The van der Waals surface area contributed by atoms with Crippen molar-refractivity contribution in [3.63, 3.8) is 0 Å². The van der Waals surface area contributed by atoms with E-state index >= 15 is 0 Å². The quantitative estimate of drug-likeness (QED) is 0.0305. The summed E-state index contributed by atoms with van der Waals surface area (Å²) in [5, 5.41) is 0. The third-order valence-corrected chi connectivity index (χ3v) is 8.51. The van der Waals surface area contributed by atoms with Crippen LogP contribution in [0.3, 0.4) is 0 Å². The molecule has 0 bridgehead atoms. The summed E-state index contributed by atoms with van der Waals surface area (Å²) >= 11 is 0. The van der Waals surface area contributed by atoms with Crippen LogP contribution in [0.25, 0.3) is 0 Å². The van der Waals surface area contributed by atoms with Crippen LogP contribution in [0, 0.1) is 11.6 Å². The summed E-state index contributed by atoms with van der Waals surface area (Å²) in [7, 11) is 0. The van der Waals surface area contributed by atoms with Crippen molar-refractivity contribution in [1.82, 2.24) is 0 Å². The van der Waals surface area contributed by atoms with E-state index < -0.39 is 47.0 Å². The molecule has 0 aromatic heterocycles. The predicted molar refractivity (Wildman–Crippen MR) is 207 cm³/mol. The molecule has 3 aromatic rings. The Morgan fingerprint density at radius 1 is 0.464 bits per heavy atom. The molecule has 3 aromatic carbocycles. The summed E-state index contributed by atoms with van der Waals surface area (Å²) in [4.78, 5) is 47.3. The van der Waals surface area contributed by atoms with E-state index in [0.717, 1.165) is 102 Å². The molecule has 56 heavy (non-hydrogen) atoms. The molecule has 0 fully saturated rings. The van der Waals surface area contributed by atoms with Crippen molar-refractivity contribution in [3.05, 3.63) is 109 Å². The molecule has 0 spiro atoms. The van der Waals surface area contributed by atoms with Crippen LogP contribution >= 0.6 is 0 Å². The summed E-state index contributed by atoms with van der Waals surface area (Å²) in [5.74, 6) is -4.99. The summed E-state index contributed by atoms with van der Waals surface area (Å²) in [6.07, 6.45) is 16.1. The van der Waals surface area contributed by atoms with Crippen LogP contribution in [-0.4, -0.2) is 50.3 Å². The molecule has 0 aliphatic carbocycles. The number of esters is 4. The molecular formula is C44H52F2O10. The van der Waals surface area contributed by atoms with Gasteiger partial charge in [-0.1, -0.05) is 77.4 Å². The zero-order chi connectivity index (χ0) is 40.4. The maximum absolute atomic E-state index is 14.8. The molecular weight excluding hydrogens is 726 g/mol. The first-order valence-corrected chi connectivity index (χ1v) is 19.2. The normalized spacial score (nSPS) is 10.6. The lowest BCUT2D eigenvalue weighted by Crippen LogP contribution is -2.12. The number of benzene rings is 3. The van der Waals surface area contributed by atoms with Crippen molar-refractivity contribution in [1.29, 1.82) is 0 Å². The Kier molecular flexibility index (Phi) is 21.1. The number of rotatable bonds is 28. The minimum absolute atomic E-state index is 0.105. The van der Waals surface area contributed by atoms with Gasteiger partial charge in [-0.15, -0.1) is 0 Å². The number of carbonyl (C=O) groups excluding carboxylic acids is 4. The van der Waals surface area contributed by atoms with Gasteiger partial charge in [0.05, 0.1) is 37.6 Å². The van der Waals surface area contributed by atoms with Crippen molar-refractivity contribution in [2.75, 3.05) is 26.4 Å². The van der Waals surface area contributed by atoms with E-state index in [1.807, 2.05) is 0 Å². The summed E-state index contributed by atoms with van der Waals surface area (Å²) < 4.78 is 61.2. The highest BCUT2D eigenvalue weighted by atomic mass is 19.1. The van der Waals surface area contributed by atoms with Crippen LogP contribution in [-0.2, 0) is 19.1 Å². The van der Waals surface area contributed by atoms with Crippen molar-refractivity contribution in [2.24, 2.45) is 0 Å². The second-order valence-electron chi connectivity index (χ2n) is 12.9. The van der Waals surface area contributed by atoms with E-state index in [1.54, 1.807) is 24.3 Å². The van der Waals surface area contributed by atoms with Crippen LogP contribution < -0.4 is 18.9 Å². The Morgan fingerprint density at radius 3 is 1.09 bits per heavy atom. The SMILES string of the molecule is C=CC(=O)OCCCCCCCCCOc1ccc(C(=O)Oc2cc(F)c(OC(=O)c3ccc(OCCCCCCCCCOC(=O)C=C)cc3)cc2F)cc1. The van der Waals surface area contributed by atoms with Crippen LogP contribution in [0.5, 0.6) is 23.0 Å². The summed E-state index contributed by atoms with van der Waals surface area (Å²) in [6, 6.07) is 13.5. The Hall–Kier alpha value is -5.52. The lowest BCUT2D eigenvalue weighted by atomic mass is 10.1. The zero-order valence-electron chi connectivity index (χ0n) is 31.9. The minimum atomic E-state index is -1.09. The standard InChI is InChI=1S/C44H52F2O10/c1-3-41(47)53-29-17-13-9-5-7-11-15-27-51-35-23-19-33(20-24-35)43(49)55-39-31-38(46)40(32-37(39)45)56-44(50)34-21-25-36(26-22-34)52-28-16-12-8-6-10-14-18-30-54-42(48)4-2/h3-4,19-26,31-32H,1-2,5-18,27-30H2. The Balaban J connectivity index is 1.31. The van der Waals surface area contributed by atoms with E-state index in [-0.39, 0.29) is 11.1 Å². The lowest BCUT2D eigenvalue weighted by molar-refractivity contribution is -0.138. The second-order valence-corrected chi connectivity index (χ2v) is 12.9. The topological polar surface area (TPSA) is 124 Å². The first-order valence-electron chi connectivity index (χ1n) is 19.2. The molecule has 0 N–H and O–H groups in total. The van der Waals surface area contributed by atoms with Gasteiger partial charge in [0.25, 0.3) is 0 Å². The van der Waals surface area contributed by atoms with Gasteiger partial charge in [0.2, 0.25) is 0 Å². The van der Waals surface area contributed by atoms with Gasteiger partial charge in [-0.25, -0.2) is 28.0 Å². The van der Waals surface area contributed by atoms with Crippen molar-refractivity contribution in [2.45, 2.75) is 89.9 Å². The third kappa shape index (κ3) is 17.7. The van der Waals surface area contributed by atoms with E-state index in [9.17, 15) is 28.0 Å². The summed E-state index contributed by atoms with van der Waals surface area (Å²) in [6.45, 7) is 8.56. The van der Waals surface area contributed by atoms with Crippen molar-refractivity contribution < 1.29 is 56.4 Å². The predicted octanol–water partition coefficient (Wildman–Crippen LogP) is 10.1. The smallest absolute Gasteiger partial charge is 0.343 e. The van der Waals surface area contributed by atoms with Crippen LogP contribution in [0.4, 0.5) is 8.78 Å². The van der Waals surface area contributed by atoms with Gasteiger partial charge in [0.15, 0.2) is 23.1 Å². The molecule has 0 saturated carbocycles. The molecule has 12 heteroatoms. The highest BCUT2D eigenvalue weighted by Crippen LogP contribution is 2.28. The van der Waals surface area contributed by atoms with Crippen molar-refractivity contribution in [3.8, 4) is 23.0 Å². The van der Waals surface area contributed by atoms with E-state index in [1.165, 1.54) is 24.3 Å². The van der Waals surface area contributed by atoms with Gasteiger partial charge < -0.3 is 28.4 Å². The molecule has 0 aliphatic heterocycles. The van der Waals surface area contributed by atoms with Crippen molar-refractivity contribution >= 4 is 23.9 Å².